The van der Waals surface area contributed by atoms with E-state index in [1.807, 2.05) is 47.5 Å². The number of furan rings is 1. The highest BCUT2D eigenvalue weighted by atomic mass is 32.1. The standard InChI is InChI=1S/C26H24FN5O2S/c27-18-8-10-19(11-9-18)29-23(33)12-15-32-25(24(30-26(32)35)21-6-1-2-13-28-21)22-7-3-14-31(22)17-20-5-4-16-34-20/h1-11,13-14,16,24-25H,12,15,17H2,(H,29,33)(H,30,35). The van der Waals surface area contributed by atoms with E-state index >= 15 is 0 Å². The van der Waals surface area contributed by atoms with Crippen molar-refractivity contribution in [2.75, 3.05) is 11.9 Å². The van der Waals surface area contributed by atoms with E-state index in [9.17, 15) is 9.18 Å². The molecule has 5 rings (SSSR count). The lowest BCUT2D eigenvalue weighted by Gasteiger charge is -2.28. The number of hydrogen-bond acceptors (Lipinski definition) is 4. The lowest BCUT2D eigenvalue weighted by molar-refractivity contribution is -0.116. The van der Waals surface area contributed by atoms with E-state index in [-0.39, 0.29) is 30.2 Å². The number of pyridine rings is 1. The van der Waals surface area contributed by atoms with Gasteiger partial charge in [0.15, 0.2) is 5.11 Å². The summed E-state index contributed by atoms with van der Waals surface area (Å²) >= 11 is 5.71. The maximum Gasteiger partial charge on any atom is 0.226 e. The van der Waals surface area contributed by atoms with Crippen LogP contribution in [0, 0.1) is 5.82 Å². The molecule has 0 spiro atoms. The number of rotatable bonds is 8. The Hall–Kier alpha value is -3.98. The Morgan fingerprint density at radius 1 is 1.11 bits per heavy atom. The van der Waals surface area contributed by atoms with Crippen LogP contribution in [0.5, 0.6) is 0 Å². The Morgan fingerprint density at radius 3 is 2.71 bits per heavy atom. The smallest absolute Gasteiger partial charge is 0.226 e. The van der Waals surface area contributed by atoms with Crippen LogP contribution < -0.4 is 10.6 Å². The van der Waals surface area contributed by atoms with Crippen molar-refractivity contribution in [3.05, 3.63) is 108 Å². The van der Waals surface area contributed by atoms with E-state index in [2.05, 4.69) is 26.3 Å². The summed E-state index contributed by atoms with van der Waals surface area (Å²) in [6.07, 6.45) is 5.64. The van der Waals surface area contributed by atoms with Crippen LogP contribution in [0.25, 0.3) is 0 Å². The molecular weight excluding hydrogens is 465 g/mol. The minimum Gasteiger partial charge on any atom is -0.467 e. The molecule has 1 fully saturated rings. The SMILES string of the molecule is O=C(CCN1C(=S)NC(c2ccccn2)C1c1cccn1Cc1ccco1)Nc1ccc(F)cc1. The number of anilines is 1. The van der Waals surface area contributed by atoms with Gasteiger partial charge in [-0.2, -0.15) is 0 Å². The number of carbonyl (C=O) groups excluding carboxylic acids is 1. The van der Waals surface area contributed by atoms with Gasteiger partial charge in [0.1, 0.15) is 11.6 Å². The molecule has 2 unspecified atom stereocenters. The summed E-state index contributed by atoms with van der Waals surface area (Å²) in [4.78, 5) is 19.3. The van der Waals surface area contributed by atoms with Crippen LogP contribution in [0.2, 0.25) is 0 Å². The van der Waals surface area contributed by atoms with Crippen LogP contribution in [-0.2, 0) is 11.3 Å². The van der Waals surface area contributed by atoms with Crippen LogP contribution in [0.15, 0.2) is 89.8 Å². The molecule has 4 aromatic rings. The molecule has 178 valence electrons. The zero-order valence-corrected chi connectivity index (χ0v) is 19.6. The third-order valence-electron chi connectivity index (χ3n) is 5.98. The topological polar surface area (TPSA) is 75.3 Å². The van der Waals surface area contributed by atoms with Crippen molar-refractivity contribution in [2.24, 2.45) is 0 Å². The summed E-state index contributed by atoms with van der Waals surface area (Å²) in [5.74, 6) is 0.318. The van der Waals surface area contributed by atoms with Crippen LogP contribution in [-0.4, -0.2) is 32.0 Å². The Labute approximate surface area is 207 Å². The third-order valence-corrected chi connectivity index (χ3v) is 6.33. The monoisotopic (exact) mass is 489 g/mol. The minimum atomic E-state index is -0.350. The number of thiocarbonyl (C=S) groups is 1. The number of benzene rings is 1. The second-order valence-electron chi connectivity index (χ2n) is 8.27. The second-order valence-corrected chi connectivity index (χ2v) is 8.65. The second kappa shape index (κ2) is 10.1. The number of nitrogens with one attached hydrogen (secondary N) is 2. The molecule has 1 amide bonds. The number of aromatic nitrogens is 2. The first-order chi connectivity index (χ1) is 17.1. The number of nitrogens with zero attached hydrogens (tertiary/aromatic N) is 3. The summed E-state index contributed by atoms with van der Waals surface area (Å²) in [5, 5.41) is 6.79. The molecule has 3 aromatic heterocycles. The Bertz CT molecular complexity index is 1290. The van der Waals surface area contributed by atoms with Gasteiger partial charge in [-0.05, 0) is 72.9 Å². The van der Waals surface area contributed by atoms with Gasteiger partial charge in [0, 0.05) is 36.7 Å². The van der Waals surface area contributed by atoms with Crippen molar-refractivity contribution in [1.82, 2.24) is 19.8 Å². The molecule has 1 aromatic carbocycles. The quantitative estimate of drug-likeness (QED) is 0.351. The molecule has 1 aliphatic rings. The van der Waals surface area contributed by atoms with E-state index in [0.29, 0.717) is 23.9 Å². The van der Waals surface area contributed by atoms with Crippen molar-refractivity contribution in [3.8, 4) is 0 Å². The molecule has 0 saturated carbocycles. The van der Waals surface area contributed by atoms with Gasteiger partial charge < -0.3 is 24.5 Å². The van der Waals surface area contributed by atoms with Crippen molar-refractivity contribution >= 4 is 28.9 Å². The Morgan fingerprint density at radius 2 is 1.97 bits per heavy atom. The summed E-state index contributed by atoms with van der Waals surface area (Å²) in [6, 6.07) is 19.0. The summed E-state index contributed by atoms with van der Waals surface area (Å²) in [6.45, 7) is 0.977. The molecule has 0 aliphatic carbocycles. The highest BCUT2D eigenvalue weighted by molar-refractivity contribution is 7.80. The first-order valence-electron chi connectivity index (χ1n) is 11.3. The molecule has 2 atom stereocenters. The minimum absolute atomic E-state index is 0.176. The van der Waals surface area contributed by atoms with Crippen molar-refractivity contribution < 1.29 is 13.6 Å². The Kier molecular flexibility index (Phi) is 6.58. The Balaban J connectivity index is 1.39. The molecule has 0 radical (unpaired) electrons. The fraction of sp³-hybridized carbons (Fsp3) is 0.192. The molecule has 7 nitrogen and oxygen atoms in total. The molecule has 1 saturated heterocycles. The third kappa shape index (κ3) is 5.09. The van der Waals surface area contributed by atoms with Gasteiger partial charge in [0.25, 0.3) is 0 Å². The van der Waals surface area contributed by atoms with E-state index in [4.69, 9.17) is 16.6 Å². The van der Waals surface area contributed by atoms with Crippen LogP contribution in [0.1, 0.15) is 35.7 Å². The molecule has 0 bridgehead atoms. The summed E-state index contributed by atoms with van der Waals surface area (Å²) in [5.41, 5.74) is 2.45. The van der Waals surface area contributed by atoms with E-state index < -0.39 is 0 Å². The summed E-state index contributed by atoms with van der Waals surface area (Å²) in [7, 11) is 0. The first-order valence-corrected chi connectivity index (χ1v) is 11.7. The van der Waals surface area contributed by atoms with Crippen molar-refractivity contribution in [3.63, 3.8) is 0 Å². The maximum atomic E-state index is 13.2. The number of carbonyl (C=O) groups is 1. The van der Waals surface area contributed by atoms with Gasteiger partial charge in [0.05, 0.1) is 30.6 Å². The highest BCUT2D eigenvalue weighted by Crippen LogP contribution is 2.39. The molecule has 1 aliphatic heterocycles. The van der Waals surface area contributed by atoms with Gasteiger partial charge in [-0.25, -0.2) is 4.39 Å². The zero-order chi connectivity index (χ0) is 24.2. The van der Waals surface area contributed by atoms with Crippen molar-refractivity contribution in [2.45, 2.75) is 25.0 Å². The van der Waals surface area contributed by atoms with Crippen LogP contribution in [0.4, 0.5) is 10.1 Å². The predicted octanol–water partition coefficient (Wildman–Crippen LogP) is 4.66. The average molecular weight is 490 g/mol. The molecule has 4 heterocycles. The maximum absolute atomic E-state index is 13.2. The van der Waals surface area contributed by atoms with Crippen molar-refractivity contribution in [1.29, 1.82) is 0 Å². The van der Waals surface area contributed by atoms with Crippen LogP contribution in [0.3, 0.4) is 0 Å². The highest BCUT2D eigenvalue weighted by Gasteiger charge is 2.41. The van der Waals surface area contributed by atoms with E-state index in [0.717, 1.165) is 17.1 Å². The summed E-state index contributed by atoms with van der Waals surface area (Å²) < 4.78 is 20.9. The molecular formula is C26H24FN5O2S. The average Bonchev–Trinajstić information content (AvgIpc) is 3.61. The molecule has 2 N–H and O–H groups in total. The molecule has 9 heteroatoms. The fourth-order valence-corrected chi connectivity index (χ4v) is 4.69. The fourth-order valence-electron chi connectivity index (χ4n) is 4.36. The van der Waals surface area contributed by atoms with Gasteiger partial charge in [-0.1, -0.05) is 6.07 Å². The zero-order valence-electron chi connectivity index (χ0n) is 18.8. The largest absolute Gasteiger partial charge is 0.467 e. The van der Waals surface area contributed by atoms with Gasteiger partial charge in [-0.15, -0.1) is 0 Å². The normalized spacial score (nSPS) is 17.4. The van der Waals surface area contributed by atoms with E-state index in [1.165, 1.54) is 24.3 Å². The lowest BCUT2D eigenvalue weighted by Crippen LogP contribution is -2.33. The predicted molar refractivity (Wildman–Crippen MR) is 134 cm³/mol. The lowest BCUT2D eigenvalue weighted by atomic mass is 10.0. The number of hydrogen-bond donors (Lipinski definition) is 2. The number of halogens is 1. The molecule has 35 heavy (non-hydrogen) atoms. The van der Waals surface area contributed by atoms with Crippen LogP contribution >= 0.6 is 12.2 Å². The van der Waals surface area contributed by atoms with Gasteiger partial charge in [-0.3, -0.25) is 9.78 Å². The number of amides is 1. The van der Waals surface area contributed by atoms with Gasteiger partial charge in [0.2, 0.25) is 5.91 Å². The van der Waals surface area contributed by atoms with Gasteiger partial charge >= 0.3 is 0 Å². The van der Waals surface area contributed by atoms with E-state index in [1.54, 1.807) is 12.5 Å². The first kappa shape index (κ1) is 22.8.